The Morgan fingerprint density at radius 1 is 0.946 bits per heavy atom. The highest BCUT2D eigenvalue weighted by Crippen LogP contribution is 2.07. The number of H-pyrrole nitrogens is 1. The number of aromatic nitrogens is 2. The number of imidazole rings is 1. The summed E-state index contributed by atoms with van der Waals surface area (Å²) in [6.45, 7) is 0. The van der Waals surface area contributed by atoms with Crippen LogP contribution in [-0.4, -0.2) is 91.9 Å². The van der Waals surface area contributed by atoms with Gasteiger partial charge in [-0.1, -0.05) is 0 Å². The van der Waals surface area contributed by atoms with Crippen LogP contribution in [0.25, 0.3) is 0 Å². The van der Waals surface area contributed by atoms with Gasteiger partial charge in [-0.25, -0.2) is 9.78 Å². The summed E-state index contributed by atoms with van der Waals surface area (Å²) in [6, 6.07) is -5.01. The Bertz CT molecular complexity index is 943. The number of hydrogen-bond acceptors (Lipinski definition) is 9. The summed E-state index contributed by atoms with van der Waals surface area (Å²) in [5.74, 6) is -5.30. The van der Waals surface area contributed by atoms with Crippen LogP contribution in [0.1, 0.15) is 37.8 Å². The molecule has 0 unspecified atom stereocenters. The Hall–Kier alpha value is -3.66. The zero-order valence-corrected chi connectivity index (χ0v) is 21.1. The summed E-state index contributed by atoms with van der Waals surface area (Å²) in [4.78, 5) is 78.6. The molecule has 206 valence electrons. The molecule has 1 aromatic heterocycles. The number of carbonyl (C=O) groups is 6. The number of nitrogens with two attached hydrogens (primary N) is 2. The van der Waals surface area contributed by atoms with Gasteiger partial charge in [0.25, 0.3) is 0 Å². The highest BCUT2D eigenvalue weighted by molar-refractivity contribution is 7.98. The lowest BCUT2D eigenvalue weighted by Gasteiger charge is -2.25. The molecular weight excluding hydrogens is 510 g/mol. The standard InChI is InChI=1S/C21H33N7O8S/c1-37-7-6-14(20(34)28-15(21(35)36)2-4-16(23)29)27-19(33)13(3-5-17(30)31)26-18(32)12(22)8-11-9-24-10-25-11/h9-10,12-15H,2-8,22H2,1H3,(H2,23,29)(H,24,25)(H,26,32)(H,27,33)(H,28,34)(H,30,31)(H,35,36)/t12-,13-,14-,15-/m0/s1. The van der Waals surface area contributed by atoms with Gasteiger partial charge in [0.1, 0.15) is 18.1 Å². The molecule has 15 nitrogen and oxygen atoms in total. The van der Waals surface area contributed by atoms with Crippen LogP contribution < -0.4 is 27.4 Å². The maximum absolute atomic E-state index is 13.0. The molecule has 0 aliphatic rings. The van der Waals surface area contributed by atoms with Gasteiger partial charge in [0.2, 0.25) is 23.6 Å². The summed E-state index contributed by atoms with van der Waals surface area (Å²) < 4.78 is 0. The number of primary amides is 1. The third kappa shape index (κ3) is 12.2. The van der Waals surface area contributed by atoms with E-state index in [9.17, 15) is 33.9 Å². The van der Waals surface area contributed by atoms with Gasteiger partial charge >= 0.3 is 11.9 Å². The van der Waals surface area contributed by atoms with Crippen LogP contribution in [0.2, 0.25) is 0 Å². The van der Waals surface area contributed by atoms with Gasteiger partial charge in [-0.3, -0.25) is 24.0 Å². The van der Waals surface area contributed by atoms with E-state index >= 15 is 0 Å². The van der Waals surface area contributed by atoms with Gasteiger partial charge in [-0.2, -0.15) is 11.8 Å². The second-order valence-corrected chi connectivity index (χ2v) is 9.11. The van der Waals surface area contributed by atoms with Crippen LogP contribution in [-0.2, 0) is 35.2 Å². The fraction of sp³-hybridized carbons (Fsp3) is 0.571. The van der Waals surface area contributed by atoms with Gasteiger partial charge in [0.05, 0.1) is 12.4 Å². The molecule has 0 radical (unpaired) electrons. The first-order valence-electron chi connectivity index (χ1n) is 11.3. The number of carbonyl (C=O) groups excluding carboxylic acids is 4. The minimum Gasteiger partial charge on any atom is -0.481 e. The first-order valence-corrected chi connectivity index (χ1v) is 12.7. The molecule has 0 aromatic carbocycles. The maximum Gasteiger partial charge on any atom is 0.326 e. The lowest BCUT2D eigenvalue weighted by molar-refractivity contribution is -0.142. The van der Waals surface area contributed by atoms with Crippen LogP contribution >= 0.6 is 11.8 Å². The Morgan fingerprint density at radius 3 is 2.03 bits per heavy atom. The first kappa shape index (κ1) is 31.4. The number of hydrogen-bond donors (Lipinski definition) is 8. The lowest BCUT2D eigenvalue weighted by Crippen LogP contribution is -2.57. The molecule has 1 rings (SSSR count). The molecule has 1 heterocycles. The molecule has 4 atom stereocenters. The molecule has 4 amide bonds. The average molecular weight is 544 g/mol. The predicted octanol–water partition coefficient (Wildman–Crippen LogP) is -2.30. The highest BCUT2D eigenvalue weighted by Gasteiger charge is 2.30. The highest BCUT2D eigenvalue weighted by atomic mass is 32.2. The largest absolute Gasteiger partial charge is 0.481 e. The van der Waals surface area contributed by atoms with Crippen molar-refractivity contribution in [2.24, 2.45) is 11.5 Å². The average Bonchev–Trinajstić information content (AvgIpc) is 3.33. The molecular formula is C21H33N7O8S. The summed E-state index contributed by atoms with van der Waals surface area (Å²) in [5.41, 5.74) is 11.5. The quantitative estimate of drug-likeness (QED) is 0.0976. The predicted molar refractivity (Wildman–Crippen MR) is 132 cm³/mol. The van der Waals surface area contributed by atoms with E-state index < -0.39 is 66.2 Å². The Kier molecular flexibility index (Phi) is 13.7. The number of rotatable bonds is 18. The lowest BCUT2D eigenvalue weighted by atomic mass is 10.1. The number of nitrogens with one attached hydrogen (secondary N) is 4. The Morgan fingerprint density at radius 2 is 1.51 bits per heavy atom. The fourth-order valence-electron chi connectivity index (χ4n) is 3.13. The van der Waals surface area contributed by atoms with E-state index in [1.54, 1.807) is 6.26 Å². The summed E-state index contributed by atoms with van der Waals surface area (Å²) in [5, 5.41) is 25.6. The smallest absolute Gasteiger partial charge is 0.326 e. The maximum atomic E-state index is 13.0. The van der Waals surface area contributed by atoms with Crippen molar-refractivity contribution < 1.29 is 39.0 Å². The number of amides is 4. The molecule has 0 fully saturated rings. The zero-order chi connectivity index (χ0) is 28.0. The molecule has 37 heavy (non-hydrogen) atoms. The monoisotopic (exact) mass is 543 g/mol. The van der Waals surface area contributed by atoms with E-state index in [-0.39, 0.29) is 32.1 Å². The van der Waals surface area contributed by atoms with E-state index in [2.05, 4.69) is 25.9 Å². The molecule has 10 N–H and O–H groups in total. The van der Waals surface area contributed by atoms with Crippen LogP contribution in [0, 0.1) is 0 Å². The normalized spacial score (nSPS) is 14.0. The zero-order valence-electron chi connectivity index (χ0n) is 20.3. The van der Waals surface area contributed by atoms with Crippen LogP contribution in [0.4, 0.5) is 0 Å². The van der Waals surface area contributed by atoms with Crippen molar-refractivity contribution in [1.29, 1.82) is 0 Å². The van der Waals surface area contributed by atoms with Crippen molar-refractivity contribution in [2.45, 2.75) is 62.7 Å². The van der Waals surface area contributed by atoms with Gasteiger partial charge in [-0.05, 0) is 31.3 Å². The summed E-state index contributed by atoms with van der Waals surface area (Å²) in [7, 11) is 0. The molecule has 0 bridgehead atoms. The number of carboxylic acid groups (broad SMARTS) is 2. The van der Waals surface area contributed by atoms with Crippen LogP contribution in [0.3, 0.4) is 0 Å². The first-order chi connectivity index (χ1) is 17.4. The van der Waals surface area contributed by atoms with Crippen LogP contribution in [0.15, 0.2) is 12.5 Å². The number of thioether (sulfide) groups is 1. The van der Waals surface area contributed by atoms with Crippen molar-refractivity contribution in [1.82, 2.24) is 25.9 Å². The van der Waals surface area contributed by atoms with Gasteiger partial charge in [0, 0.05) is 31.2 Å². The van der Waals surface area contributed by atoms with Gasteiger partial charge in [-0.15, -0.1) is 0 Å². The number of carboxylic acids is 2. The van der Waals surface area contributed by atoms with E-state index in [0.717, 1.165) is 0 Å². The van der Waals surface area contributed by atoms with E-state index in [4.69, 9.17) is 16.6 Å². The number of aromatic amines is 1. The number of aliphatic carboxylic acids is 2. The third-order valence-electron chi connectivity index (χ3n) is 5.15. The summed E-state index contributed by atoms with van der Waals surface area (Å²) in [6.07, 6.45) is 3.59. The molecule has 0 saturated heterocycles. The Balaban J connectivity index is 2.95. The third-order valence-corrected chi connectivity index (χ3v) is 5.79. The molecule has 0 aliphatic heterocycles. The molecule has 0 aliphatic carbocycles. The fourth-order valence-corrected chi connectivity index (χ4v) is 3.61. The van der Waals surface area contributed by atoms with Crippen molar-refractivity contribution >= 4 is 47.3 Å². The van der Waals surface area contributed by atoms with Gasteiger partial charge in [0.15, 0.2) is 0 Å². The van der Waals surface area contributed by atoms with E-state index in [0.29, 0.717) is 11.4 Å². The van der Waals surface area contributed by atoms with Gasteiger partial charge < -0.3 is 42.6 Å². The van der Waals surface area contributed by atoms with Crippen molar-refractivity contribution in [2.75, 3.05) is 12.0 Å². The van der Waals surface area contributed by atoms with Crippen molar-refractivity contribution in [3.05, 3.63) is 18.2 Å². The van der Waals surface area contributed by atoms with E-state index in [1.807, 2.05) is 0 Å². The second-order valence-electron chi connectivity index (χ2n) is 8.13. The van der Waals surface area contributed by atoms with Crippen molar-refractivity contribution in [3.8, 4) is 0 Å². The number of nitrogens with zero attached hydrogens (tertiary/aromatic N) is 1. The molecule has 1 aromatic rings. The minimum atomic E-state index is -1.42. The second kappa shape index (κ2) is 16.2. The molecule has 0 saturated carbocycles. The Labute approximate surface area is 216 Å². The molecule has 16 heteroatoms. The summed E-state index contributed by atoms with van der Waals surface area (Å²) >= 11 is 1.37. The topological polar surface area (TPSA) is 260 Å². The van der Waals surface area contributed by atoms with Crippen LogP contribution in [0.5, 0.6) is 0 Å². The molecule has 0 spiro atoms. The SMILES string of the molecule is CSCC[C@H](NC(=O)[C@H](CCC(=O)O)NC(=O)[C@@H](N)Cc1cnc[nH]1)C(=O)N[C@@H](CCC(N)=O)C(=O)O. The van der Waals surface area contributed by atoms with E-state index in [1.165, 1.54) is 24.3 Å². The minimum absolute atomic E-state index is 0.0831. The van der Waals surface area contributed by atoms with Crippen molar-refractivity contribution in [3.63, 3.8) is 0 Å².